The maximum atomic E-state index is 10.7. The Balaban J connectivity index is 2.15. The van der Waals surface area contributed by atoms with Gasteiger partial charge in [-0.2, -0.15) is 4.99 Å². The van der Waals surface area contributed by atoms with Gasteiger partial charge in [0.25, 0.3) is 0 Å². The first-order valence-electron chi connectivity index (χ1n) is 6.28. The molecule has 1 fully saturated rings. The van der Waals surface area contributed by atoms with Crippen molar-refractivity contribution < 1.29 is 4.79 Å². The monoisotopic (exact) mass is 238 g/mol. The molecule has 2 aromatic rings. The summed E-state index contributed by atoms with van der Waals surface area (Å²) < 4.78 is 0. The van der Waals surface area contributed by atoms with Crippen molar-refractivity contribution in [3.63, 3.8) is 0 Å². The number of pyridine rings is 1. The predicted molar refractivity (Wildman–Crippen MR) is 70.0 cm³/mol. The summed E-state index contributed by atoms with van der Waals surface area (Å²) in [6.45, 7) is 0. The first-order chi connectivity index (χ1) is 8.84. The van der Waals surface area contributed by atoms with Gasteiger partial charge in [0.05, 0.1) is 11.1 Å². The Kier molecular flexibility index (Phi) is 2.69. The molecule has 3 nitrogen and oxygen atoms in total. The molecule has 0 radical (unpaired) electrons. The van der Waals surface area contributed by atoms with Gasteiger partial charge in [-0.25, -0.2) is 4.79 Å². The molecule has 0 spiro atoms. The Bertz CT molecular complexity index is 623. The first kappa shape index (κ1) is 11.1. The van der Waals surface area contributed by atoms with Crippen LogP contribution in [0.4, 0.5) is 0 Å². The van der Waals surface area contributed by atoms with Gasteiger partial charge in [0.1, 0.15) is 0 Å². The van der Waals surface area contributed by atoms with Crippen LogP contribution in [0.3, 0.4) is 0 Å². The smallest absolute Gasteiger partial charge is 0.235 e. The Morgan fingerprint density at radius 2 is 2.06 bits per heavy atom. The van der Waals surface area contributed by atoms with Gasteiger partial charge in [-0.3, -0.25) is 4.98 Å². The van der Waals surface area contributed by atoms with Crippen molar-refractivity contribution in [1.82, 2.24) is 4.98 Å². The minimum absolute atomic E-state index is 0.341. The number of hydrogen-bond donors (Lipinski definition) is 0. The van der Waals surface area contributed by atoms with E-state index in [1.165, 1.54) is 0 Å². The van der Waals surface area contributed by atoms with Crippen LogP contribution in [-0.2, 0) is 10.3 Å². The topological polar surface area (TPSA) is 42.3 Å². The van der Waals surface area contributed by atoms with E-state index in [0.717, 1.165) is 42.1 Å². The lowest BCUT2D eigenvalue weighted by molar-refractivity contribution is 0.456. The first-order valence-corrected chi connectivity index (χ1v) is 6.28. The molecular weight excluding hydrogens is 224 g/mol. The number of rotatable bonds is 2. The summed E-state index contributed by atoms with van der Waals surface area (Å²) >= 11 is 0. The normalized spacial score (nSPS) is 17.6. The van der Waals surface area contributed by atoms with Gasteiger partial charge >= 0.3 is 0 Å². The van der Waals surface area contributed by atoms with Crippen LogP contribution < -0.4 is 0 Å². The number of aliphatic imine (C=N–C) groups is 1. The Morgan fingerprint density at radius 1 is 1.22 bits per heavy atom. The van der Waals surface area contributed by atoms with E-state index >= 15 is 0 Å². The quantitative estimate of drug-likeness (QED) is 0.594. The average Bonchev–Trinajstić information content (AvgIpc) is 2.88. The Morgan fingerprint density at radius 3 is 2.83 bits per heavy atom. The van der Waals surface area contributed by atoms with Gasteiger partial charge in [0.15, 0.2) is 0 Å². The fourth-order valence-corrected chi connectivity index (χ4v) is 2.88. The van der Waals surface area contributed by atoms with E-state index in [0.29, 0.717) is 0 Å². The van der Waals surface area contributed by atoms with E-state index in [9.17, 15) is 4.79 Å². The van der Waals surface area contributed by atoms with Crippen LogP contribution in [0.2, 0.25) is 0 Å². The zero-order valence-electron chi connectivity index (χ0n) is 10.1. The van der Waals surface area contributed by atoms with Crippen molar-refractivity contribution >= 4 is 17.0 Å². The van der Waals surface area contributed by atoms with Crippen LogP contribution in [0.5, 0.6) is 0 Å². The van der Waals surface area contributed by atoms with E-state index in [2.05, 4.69) is 16.0 Å². The van der Waals surface area contributed by atoms with Gasteiger partial charge in [0, 0.05) is 11.6 Å². The highest BCUT2D eigenvalue weighted by Gasteiger charge is 2.35. The van der Waals surface area contributed by atoms with E-state index < -0.39 is 0 Å². The molecule has 0 bridgehead atoms. The molecule has 3 rings (SSSR count). The second-order valence-electron chi connectivity index (χ2n) is 4.85. The fraction of sp³-hybridized carbons (Fsp3) is 0.333. The van der Waals surface area contributed by atoms with Gasteiger partial charge in [-0.05, 0) is 36.6 Å². The Hall–Kier alpha value is -1.99. The van der Waals surface area contributed by atoms with Gasteiger partial charge in [-0.15, -0.1) is 0 Å². The number of fused-ring (bicyclic) bond motifs is 1. The molecule has 0 atom stereocenters. The standard InChI is InChI=1S/C15H14N2O/c18-11-17-15(7-1-2-8-15)13-5-6-14-12(10-13)4-3-9-16-14/h3-6,9-10H,1-2,7-8H2. The highest BCUT2D eigenvalue weighted by Crippen LogP contribution is 2.42. The maximum Gasteiger partial charge on any atom is 0.235 e. The molecule has 18 heavy (non-hydrogen) atoms. The molecule has 0 saturated heterocycles. The van der Waals surface area contributed by atoms with Gasteiger partial charge in [0.2, 0.25) is 6.08 Å². The van der Waals surface area contributed by atoms with Crippen molar-refractivity contribution in [3.8, 4) is 0 Å². The SMILES string of the molecule is O=C=NC1(c2ccc3ncccc3c2)CCCC1. The molecule has 3 heteroatoms. The summed E-state index contributed by atoms with van der Waals surface area (Å²) in [7, 11) is 0. The molecule has 90 valence electrons. The molecule has 0 aliphatic heterocycles. The summed E-state index contributed by atoms with van der Waals surface area (Å²) in [5, 5.41) is 1.10. The zero-order valence-corrected chi connectivity index (χ0v) is 10.1. The summed E-state index contributed by atoms with van der Waals surface area (Å²) in [5.41, 5.74) is 1.75. The fourth-order valence-electron chi connectivity index (χ4n) is 2.88. The second kappa shape index (κ2) is 4.35. The molecular formula is C15H14N2O. The van der Waals surface area contributed by atoms with E-state index in [1.807, 2.05) is 24.3 Å². The van der Waals surface area contributed by atoms with Crippen molar-refractivity contribution in [2.24, 2.45) is 4.99 Å². The van der Waals surface area contributed by atoms with Crippen molar-refractivity contribution in [2.75, 3.05) is 0 Å². The van der Waals surface area contributed by atoms with E-state index in [-0.39, 0.29) is 5.54 Å². The number of nitrogens with zero attached hydrogens (tertiary/aromatic N) is 2. The average molecular weight is 238 g/mol. The van der Waals surface area contributed by atoms with Gasteiger partial charge < -0.3 is 0 Å². The van der Waals surface area contributed by atoms with Crippen molar-refractivity contribution in [2.45, 2.75) is 31.2 Å². The molecule has 1 aliphatic rings. The minimum atomic E-state index is -0.341. The van der Waals surface area contributed by atoms with Crippen LogP contribution in [0.25, 0.3) is 10.9 Å². The third-order valence-corrected chi connectivity index (χ3v) is 3.83. The number of carbonyl (C=O) groups excluding carboxylic acids is 1. The molecule has 1 heterocycles. The lowest BCUT2D eigenvalue weighted by Gasteiger charge is -2.23. The zero-order chi connectivity index (χ0) is 12.4. The molecule has 1 saturated carbocycles. The molecule has 0 amide bonds. The van der Waals surface area contributed by atoms with Crippen LogP contribution in [-0.4, -0.2) is 11.1 Å². The number of benzene rings is 1. The molecule has 0 N–H and O–H groups in total. The molecule has 0 unspecified atom stereocenters. The Labute approximate surface area is 106 Å². The summed E-state index contributed by atoms with van der Waals surface area (Å²) in [5.74, 6) is 0. The number of hydrogen-bond acceptors (Lipinski definition) is 3. The minimum Gasteiger partial charge on any atom is -0.256 e. The third kappa shape index (κ3) is 1.73. The van der Waals surface area contributed by atoms with Crippen molar-refractivity contribution in [3.05, 3.63) is 42.1 Å². The highest BCUT2D eigenvalue weighted by atomic mass is 16.1. The third-order valence-electron chi connectivity index (χ3n) is 3.83. The summed E-state index contributed by atoms with van der Waals surface area (Å²) in [4.78, 5) is 19.1. The van der Waals surface area contributed by atoms with E-state index in [1.54, 1.807) is 12.3 Å². The van der Waals surface area contributed by atoms with Crippen LogP contribution in [0, 0.1) is 0 Å². The highest BCUT2D eigenvalue weighted by molar-refractivity contribution is 5.79. The van der Waals surface area contributed by atoms with Crippen LogP contribution >= 0.6 is 0 Å². The van der Waals surface area contributed by atoms with E-state index in [4.69, 9.17) is 0 Å². The molecule has 1 aromatic carbocycles. The lowest BCUT2D eigenvalue weighted by Crippen LogP contribution is -2.18. The van der Waals surface area contributed by atoms with Crippen molar-refractivity contribution in [1.29, 1.82) is 0 Å². The predicted octanol–water partition coefficient (Wildman–Crippen LogP) is 3.34. The second-order valence-corrected chi connectivity index (χ2v) is 4.85. The summed E-state index contributed by atoms with van der Waals surface area (Å²) in [6, 6.07) is 10.1. The van der Waals surface area contributed by atoms with Crippen LogP contribution in [0.1, 0.15) is 31.2 Å². The van der Waals surface area contributed by atoms with Crippen LogP contribution in [0.15, 0.2) is 41.5 Å². The summed E-state index contributed by atoms with van der Waals surface area (Å²) in [6.07, 6.45) is 7.66. The van der Waals surface area contributed by atoms with Gasteiger partial charge in [-0.1, -0.05) is 25.0 Å². The molecule has 1 aromatic heterocycles. The molecule has 1 aliphatic carbocycles. The lowest BCUT2D eigenvalue weighted by atomic mass is 9.88. The number of aromatic nitrogens is 1. The number of isocyanates is 1. The largest absolute Gasteiger partial charge is 0.256 e. The maximum absolute atomic E-state index is 10.7.